The van der Waals surface area contributed by atoms with Gasteiger partial charge >= 0.3 is 0 Å². The highest BCUT2D eigenvalue weighted by atomic mass is 79.9. The average Bonchev–Trinajstić information content (AvgIpc) is 2.77. The second kappa shape index (κ2) is 4.03. The van der Waals surface area contributed by atoms with Crippen molar-refractivity contribution in [3.05, 3.63) is 23.1 Å². The zero-order valence-corrected chi connectivity index (χ0v) is 10.2. The molecule has 0 bridgehead atoms. The van der Waals surface area contributed by atoms with Crippen molar-refractivity contribution in [3.63, 3.8) is 0 Å². The van der Waals surface area contributed by atoms with Crippen LogP contribution in [0, 0.1) is 0 Å². The van der Waals surface area contributed by atoms with Gasteiger partial charge in [0, 0.05) is 23.8 Å². The van der Waals surface area contributed by atoms with E-state index in [9.17, 15) is 0 Å². The van der Waals surface area contributed by atoms with Crippen LogP contribution in [-0.2, 0) is 4.74 Å². The van der Waals surface area contributed by atoms with Crippen LogP contribution in [0.5, 0.6) is 0 Å². The van der Waals surface area contributed by atoms with Crippen molar-refractivity contribution in [1.29, 1.82) is 0 Å². The van der Waals surface area contributed by atoms with Crippen LogP contribution in [0.15, 0.2) is 23.1 Å². The number of ether oxygens (including phenoxy) is 1. The van der Waals surface area contributed by atoms with Gasteiger partial charge in [-0.25, -0.2) is 9.50 Å². The molecule has 0 unspecified atom stereocenters. The number of halogens is 1. The van der Waals surface area contributed by atoms with Gasteiger partial charge in [-0.2, -0.15) is 5.10 Å². The highest BCUT2D eigenvalue weighted by Crippen LogP contribution is 2.24. The Balaban J connectivity index is 2.09. The molecule has 1 saturated heterocycles. The minimum atomic E-state index is 0.771. The van der Waals surface area contributed by atoms with E-state index in [-0.39, 0.29) is 0 Å². The molecule has 84 valence electrons. The summed E-state index contributed by atoms with van der Waals surface area (Å²) in [5.74, 6) is 0. The number of hydrogen-bond donors (Lipinski definition) is 0. The molecule has 2 aromatic rings. The quantitative estimate of drug-likeness (QED) is 0.792. The Labute approximate surface area is 101 Å². The summed E-state index contributed by atoms with van der Waals surface area (Å²) in [6, 6.07) is 2.08. The van der Waals surface area contributed by atoms with Crippen LogP contribution in [0.1, 0.15) is 0 Å². The molecule has 0 aromatic carbocycles. The summed E-state index contributed by atoms with van der Waals surface area (Å²) in [6.07, 6.45) is 3.48. The Morgan fingerprint density at radius 3 is 2.94 bits per heavy atom. The van der Waals surface area contributed by atoms with Crippen LogP contribution in [-0.4, -0.2) is 40.9 Å². The molecule has 2 aromatic heterocycles. The molecule has 0 saturated carbocycles. The summed E-state index contributed by atoms with van der Waals surface area (Å²) in [5, 5.41) is 4.15. The lowest BCUT2D eigenvalue weighted by Crippen LogP contribution is -2.36. The first kappa shape index (κ1) is 10.0. The second-order valence-electron chi connectivity index (χ2n) is 3.67. The summed E-state index contributed by atoms with van der Waals surface area (Å²) in [4.78, 5) is 6.56. The highest BCUT2D eigenvalue weighted by molar-refractivity contribution is 9.10. The lowest BCUT2D eigenvalue weighted by atomic mass is 10.3. The van der Waals surface area contributed by atoms with E-state index in [0.717, 1.165) is 42.1 Å². The third-order valence-corrected chi connectivity index (χ3v) is 3.11. The number of pyridine rings is 1. The van der Waals surface area contributed by atoms with Gasteiger partial charge in [-0.3, -0.25) is 0 Å². The molecule has 16 heavy (non-hydrogen) atoms. The van der Waals surface area contributed by atoms with Crippen molar-refractivity contribution < 1.29 is 4.74 Å². The molecule has 1 aliphatic rings. The van der Waals surface area contributed by atoms with Gasteiger partial charge in [-0.1, -0.05) is 0 Å². The van der Waals surface area contributed by atoms with Gasteiger partial charge < -0.3 is 9.64 Å². The maximum atomic E-state index is 5.35. The highest BCUT2D eigenvalue weighted by Gasteiger charge is 2.15. The normalized spacial score (nSPS) is 16.9. The van der Waals surface area contributed by atoms with Crippen molar-refractivity contribution in [3.8, 4) is 0 Å². The maximum absolute atomic E-state index is 5.35. The number of nitrogens with zero attached hydrogens (tertiary/aromatic N) is 4. The van der Waals surface area contributed by atoms with Gasteiger partial charge in [0.05, 0.1) is 18.9 Å². The lowest BCUT2D eigenvalue weighted by Gasteiger charge is -2.28. The van der Waals surface area contributed by atoms with E-state index in [0.29, 0.717) is 0 Å². The number of rotatable bonds is 1. The molecule has 0 atom stereocenters. The Kier molecular flexibility index (Phi) is 2.53. The van der Waals surface area contributed by atoms with E-state index in [1.54, 1.807) is 10.8 Å². The molecule has 1 aliphatic heterocycles. The first-order chi connectivity index (χ1) is 7.84. The van der Waals surface area contributed by atoms with Crippen LogP contribution < -0.4 is 4.90 Å². The molecule has 3 heterocycles. The van der Waals surface area contributed by atoms with Gasteiger partial charge in [0.15, 0.2) is 5.65 Å². The molecule has 1 fully saturated rings. The summed E-state index contributed by atoms with van der Waals surface area (Å²) in [5.41, 5.74) is 2.00. The van der Waals surface area contributed by atoms with E-state index in [1.165, 1.54) is 0 Å². The van der Waals surface area contributed by atoms with Gasteiger partial charge in [0.1, 0.15) is 6.33 Å². The Bertz CT molecular complexity index is 506. The van der Waals surface area contributed by atoms with Crippen LogP contribution in [0.4, 0.5) is 5.69 Å². The standard InChI is InChI=1S/C10H11BrN4O/c11-8-5-9(14-1-3-16-4-2-14)10-12-7-13-15(10)6-8/h5-7H,1-4H2. The molecular weight excluding hydrogens is 272 g/mol. The topological polar surface area (TPSA) is 42.7 Å². The molecule has 6 heteroatoms. The van der Waals surface area contributed by atoms with Crippen LogP contribution >= 0.6 is 15.9 Å². The van der Waals surface area contributed by atoms with Gasteiger partial charge in [0.25, 0.3) is 0 Å². The first-order valence-electron chi connectivity index (χ1n) is 5.16. The van der Waals surface area contributed by atoms with Gasteiger partial charge in [-0.15, -0.1) is 0 Å². The first-order valence-corrected chi connectivity index (χ1v) is 5.95. The number of hydrogen-bond acceptors (Lipinski definition) is 4. The third kappa shape index (κ3) is 1.68. The van der Waals surface area contributed by atoms with Crippen molar-refractivity contribution in [2.75, 3.05) is 31.2 Å². The number of aromatic nitrogens is 3. The Morgan fingerprint density at radius 2 is 2.12 bits per heavy atom. The zero-order chi connectivity index (χ0) is 11.0. The summed E-state index contributed by atoms with van der Waals surface area (Å²) < 4.78 is 8.14. The molecule has 0 spiro atoms. The van der Waals surface area contributed by atoms with Crippen molar-refractivity contribution >= 4 is 27.3 Å². The lowest BCUT2D eigenvalue weighted by molar-refractivity contribution is 0.123. The second-order valence-corrected chi connectivity index (χ2v) is 4.59. The monoisotopic (exact) mass is 282 g/mol. The van der Waals surface area contributed by atoms with Crippen molar-refractivity contribution in [2.45, 2.75) is 0 Å². The van der Waals surface area contributed by atoms with E-state index >= 15 is 0 Å². The van der Waals surface area contributed by atoms with Crippen molar-refractivity contribution in [2.24, 2.45) is 0 Å². The fraction of sp³-hybridized carbons (Fsp3) is 0.400. The molecule has 0 amide bonds. The largest absolute Gasteiger partial charge is 0.378 e. The summed E-state index contributed by atoms with van der Waals surface area (Å²) >= 11 is 3.49. The van der Waals surface area contributed by atoms with E-state index in [2.05, 4.69) is 37.0 Å². The summed E-state index contributed by atoms with van der Waals surface area (Å²) in [6.45, 7) is 3.34. The molecule has 3 rings (SSSR count). The molecule has 5 nitrogen and oxygen atoms in total. The number of anilines is 1. The van der Waals surface area contributed by atoms with Gasteiger partial charge in [0.2, 0.25) is 0 Å². The fourth-order valence-corrected chi connectivity index (χ4v) is 2.32. The van der Waals surface area contributed by atoms with Crippen LogP contribution in [0.2, 0.25) is 0 Å². The number of morpholine rings is 1. The molecular formula is C10H11BrN4O. The Morgan fingerprint density at radius 1 is 1.31 bits per heavy atom. The smallest absolute Gasteiger partial charge is 0.178 e. The summed E-state index contributed by atoms with van der Waals surface area (Å²) in [7, 11) is 0. The van der Waals surface area contributed by atoms with E-state index in [1.807, 2.05) is 6.20 Å². The van der Waals surface area contributed by atoms with E-state index in [4.69, 9.17) is 4.74 Å². The minimum absolute atomic E-state index is 0.771. The zero-order valence-electron chi connectivity index (χ0n) is 8.64. The van der Waals surface area contributed by atoms with Gasteiger partial charge in [-0.05, 0) is 22.0 Å². The average molecular weight is 283 g/mol. The molecule has 0 N–H and O–H groups in total. The molecule has 0 radical (unpaired) electrons. The number of fused-ring (bicyclic) bond motifs is 1. The minimum Gasteiger partial charge on any atom is -0.378 e. The predicted molar refractivity (Wildman–Crippen MR) is 63.7 cm³/mol. The van der Waals surface area contributed by atoms with Crippen molar-refractivity contribution in [1.82, 2.24) is 14.6 Å². The van der Waals surface area contributed by atoms with Crippen LogP contribution in [0.25, 0.3) is 5.65 Å². The SMILES string of the molecule is Brc1cc(N2CCOCC2)c2ncnn2c1. The predicted octanol–water partition coefficient (Wildman–Crippen LogP) is 1.33. The maximum Gasteiger partial charge on any atom is 0.178 e. The van der Waals surface area contributed by atoms with E-state index < -0.39 is 0 Å². The fourth-order valence-electron chi connectivity index (χ4n) is 1.91. The molecule has 0 aliphatic carbocycles. The Hall–Kier alpha value is -1.14. The third-order valence-electron chi connectivity index (χ3n) is 2.67. The van der Waals surface area contributed by atoms with Crippen LogP contribution in [0.3, 0.4) is 0 Å².